The van der Waals surface area contributed by atoms with Crippen LogP contribution in [0.25, 0.3) is 21.6 Å². The maximum Gasteiger partial charge on any atom is 0.420 e. The average molecular weight is 1030 g/mol. The van der Waals surface area contributed by atoms with Crippen LogP contribution in [0.15, 0.2) is 84.6 Å². The van der Waals surface area contributed by atoms with Crippen LogP contribution in [0.4, 0.5) is 28.9 Å². The Kier molecular flexibility index (Phi) is 16.5. The molecule has 2 aromatic heterocycles. The Morgan fingerprint density at radius 2 is 1.71 bits per heavy atom. The number of aliphatic hydroxyl groups is 1. The number of aromatic nitrogens is 2. The van der Waals surface area contributed by atoms with Crippen molar-refractivity contribution in [2.75, 3.05) is 42.7 Å². The molecule has 5 aromatic rings. The molecular formula is C52H56F4N8O6S2. The SMILES string of the molecule is Cc1ncsc1-c1ccc(CNC(=O)[C@@H]2C[C@@H](O)CN2C[C@@H](NC(=O)COCCCCOc2ccc(-c3cncc(N4C(=S)N(c5ccc(C#N)c(C(F)(F)F)c5F)C(=O)C4(C)C)c3)cc2)C(C)(C)C)cc1. The molecule has 2 saturated heterocycles. The third-order valence-electron chi connectivity index (χ3n) is 12.7. The van der Waals surface area contributed by atoms with Crippen LogP contribution in [0.1, 0.15) is 76.3 Å². The minimum Gasteiger partial charge on any atom is -0.494 e. The van der Waals surface area contributed by atoms with Crippen LogP contribution in [-0.2, 0) is 31.8 Å². The van der Waals surface area contributed by atoms with Crippen LogP contribution in [0, 0.1) is 29.5 Å². The van der Waals surface area contributed by atoms with E-state index in [0.717, 1.165) is 39.4 Å². The van der Waals surface area contributed by atoms with E-state index >= 15 is 4.39 Å². The molecular weight excluding hydrogens is 973 g/mol. The molecule has 72 heavy (non-hydrogen) atoms. The molecule has 7 rings (SSSR count). The molecule has 380 valence electrons. The van der Waals surface area contributed by atoms with Crippen molar-refractivity contribution in [3.05, 3.63) is 113 Å². The maximum absolute atomic E-state index is 15.5. The average Bonchev–Trinajstić information content (AvgIpc) is 3.98. The molecule has 2 aliphatic heterocycles. The summed E-state index contributed by atoms with van der Waals surface area (Å²) in [6.07, 6.45) is -1.28. The second-order valence-electron chi connectivity index (χ2n) is 19.3. The summed E-state index contributed by atoms with van der Waals surface area (Å²) in [7, 11) is 0. The number of anilines is 2. The van der Waals surface area contributed by atoms with Gasteiger partial charge >= 0.3 is 6.18 Å². The Balaban J connectivity index is 0.852. The van der Waals surface area contributed by atoms with E-state index in [1.165, 1.54) is 31.0 Å². The Morgan fingerprint density at radius 1 is 1.01 bits per heavy atom. The minimum absolute atomic E-state index is 0.146. The van der Waals surface area contributed by atoms with E-state index < -0.39 is 52.4 Å². The highest BCUT2D eigenvalue weighted by atomic mass is 32.1. The van der Waals surface area contributed by atoms with Crippen molar-refractivity contribution >= 4 is 57.8 Å². The number of amides is 3. The van der Waals surface area contributed by atoms with E-state index in [4.69, 9.17) is 21.7 Å². The Bertz CT molecular complexity index is 2830. The minimum atomic E-state index is -5.20. The van der Waals surface area contributed by atoms with Crippen molar-refractivity contribution in [2.45, 2.75) is 97.3 Å². The molecule has 3 atom stereocenters. The summed E-state index contributed by atoms with van der Waals surface area (Å²) >= 11 is 7.17. The van der Waals surface area contributed by atoms with Gasteiger partial charge < -0.3 is 30.1 Å². The summed E-state index contributed by atoms with van der Waals surface area (Å²) in [5, 5.41) is 25.7. The molecule has 2 fully saturated rings. The van der Waals surface area contributed by atoms with Crippen molar-refractivity contribution in [1.29, 1.82) is 5.26 Å². The second kappa shape index (κ2) is 22.2. The molecule has 3 aromatic carbocycles. The number of hydrogen-bond acceptors (Lipinski definition) is 12. The summed E-state index contributed by atoms with van der Waals surface area (Å²) in [4.78, 5) is 54.1. The van der Waals surface area contributed by atoms with Gasteiger partial charge in [0.25, 0.3) is 5.91 Å². The number of unbranched alkanes of at least 4 members (excludes halogenated alkanes) is 1. The summed E-state index contributed by atoms with van der Waals surface area (Å²) in [6.45, 7) is 12.6. The molecule has 0 aliphatic carbocycles. The fraction of sp³-hybridized carbons (Fsp3) is 0.404. The van der Waals surface area contributed by atoms with Gasteiger partial charge in [-0.15, -0.1) is 11.3 Å². The standard InChI is InChI=1S/C52H56F4N8O6S2/c1-31-46(72-30-60-31)34-11-9-32(10-12-34)24-59-47(67)41-22-38(65)27-62(41)28-42(50(2,3)4)61-43(66)29-69-19-7-8-20-70-39-16-13-33(14-17-39)36-21-37(26-58-25-36)64-49(71)63(48(68)51(64,5)6)40-18-15-35(23-57)44(45(40)53)52(54,55)56/h9-18,21,25-26,30,38,41-42,65H,7-8,19-20,22,24,27-29H2,1-6H3,(H,59,67)(H,61,66)/t38-,41+,42-/m1/s1. The Morgan fingerprint density at radius 3 is 2.36 bits per heavy atom. The predicted molar refractivity (Wildman–Crippen MR) is 269 cm³/mol. The van der Waals surface area contributed by atoms with E-state index in [1.807, 2.05) is 74.5 Å². The first-order chi connectivity index (χ1) is 34.1. The lowest BCUT2D eigenvalue weighted by molar-refractivity contribution is -0.140. The number of nitriles is 1. The van der Waals surface area contributed by atoms with Gasteiger partial charge in [-0.25, -0.2) is 9.37 Å². The number of thiocarbonyl (C=S) groups is 1. The van der Waals surface area contributed by atoms with Gasteiger partial charge in [-0.3, -0.25) is 29.2 Å². The zero-order chi connectivity index (χ0) is 52.1. The number of pyridine rings is 1. The van der Waals surface area contributed by atoms with Gasteiger partial charge in [0.2, 0.25) is 11.8 Å². The number of aliphatic hydroxyl groups excluding tert-OH is 1. The summed E-state index contributed by atoms with van der Waals surface area (Å²) in [5.41, 5.74) is 1.28. The largest absolute Gasteiger partial charge is 0.494 e. The van der Waals surface area contributed by atoms with Crippen LogP contribution < -0.4 is 25.2 Å². The number of hydrogen-bond donors (Lipinski definition) is 3. The monoisotopic (exact) mass is 1030 g/mol. The van der Waals surface area contributed by atoms with Crippen molar-refractivity contribution in [2.24, 2.45) is 5.41 Å². The van der Waals surface area contributed by atoms with E-state index in [2.05, 4.69) is 20.6 Å². The third kappa shape index (κ3) is 12.1. The molecule has 4 heterocycles. The maximum atomic E-state index is 15.5. The molecule has 0 bridgehead atoms. The number of halogens is 4. The molecule has 0 saturated carbocycles. The van der Waals surface area contributed by atoms with Gasteiger partial charge in [0, 0.05) is 44.0 Å². The number of ether oxygens (including phenoxy) is 2. The van der Waals surface area contributed by atoms with Gasteiger partial charge in [-0.1, -0.05) is 57.2 Å². The second-order valence-corrected chi connectivity index (χ2v) is 20.6. The van der Waals surface area contributed by atoms with Crippen LogP contribution in [-0.4, -0.2) is 99.4 Å². The summed E-state index contributed by atoms with van der Waals surface area (Å²) in [6, 6.07) is 19.1. The fourth-order valence-electron chi connectivity index (χ4n) is 8.68. The molecule has 0 spiro atoms. The van der Waals surface area contributed by atoms with E-state index in [-0.39, 0.29) is 35.0 Å². The number of nitrogens with one attached hydrogen (secondary N) is 2. The number of alkyl halides is 3. The Labute approximate surface area is 425 Å². The number of aryl methyl sites for hydroxylation is 1. The third-order valence-corrected chi connectivity index (χ3v) is 14.0. The van der Waals surface area contributed by atoms with Gasteiger partial charge in [0.05, 0.1) is 64.0 Å². The highest BCUT2D eigenvalue weighted by Gasteiger charge is 2.52. The normalized spacial score (nSPS) is 17.5. The zero-order valence-electron chi connectivity index (χ0n) is 40.7. The van der Waals surface area contributed by atoms with Crippen LogP contribution >= 0.6 is 23.6 Å². The first-order valence-corrected chi connectivity index (χ1v) is 24.6. The Hall–Kier alpha value is -6.37. The number of thiazole rings is 1. The number of likely N-dealkylation sites (tertiary alicyclic amines) is 1. The van der Waals surface area contributed by atoms with Crippen molar-refractivity contribution in [3.8, 4) is 33.4 Å². The molecule has 14 nitrogen and oxygen atoms in total. The molecule has 0 unspecified atom stereocenters. The van der Waals surface area contributed by atoms with E-state index in [0.29, 0.717) is 74.0 Å². The van der Waals surface area contributed by atoms with E-state index in [9.17, 15) is 37.9 Å². The predicted octanol–water partition coefficient (Wildman–Crippen LogP) is 8.58. The summed E-state index contributed by atoms with van der Waals surface area (Å²) in [5.74, 6) is -2.42. The number of benzene rings is 3. The van der Waals surface area contributed by atoms with Crippen molar-refractivity contribution < 1.29 is 46.5 Å². The van der Waals surface area contributed by atoms with Gasteiger partial charge in [0.15, 0.2) is 10.9 Å². The molecule has 2 aliphatic rings. The quantitative estimate of drug-likeness (QED) is 0.0434. The first-order valence-electron chi connectivity index (χ1n) is 23.3. The molecule has 3 N–H and O–H groups in total. The zero-order valence-corrected chi connectivity index (χ0v) is 42.3. The first kappa shape index (κ1) is 53.4. The number of nitrogens with zero attached hydrogens (tertiary/aromatic N) is 6. The summed E-state index contributed by atoms with van der Waals surface area (Å²) < 4.78 is 68.7. The molecule has 20 heteroatoms. The van der Waals surface area contributed by atoms with Gasteiger partial charge in [-0.2, -0.15) is 18.4 Å². The lowest BCUT2D eigenvalue weighted by Gasteiger charge is -2.36. The van der Waals surface area contributed by atoms with Crippen molar-refractivity contribution in [1.82, 2.24) is 25.5 Å². The number of rotatable bonds is 18. The lowest BCUT2D eigenvalue weighted by Crippen LogP contribution is -2.54. The van der Waals surface area contributed by atoms with E-state index in [1.54, 1.807) is 35.7 Å². The highest BCUT2D eigenvalue weighted by molar-refractivity contribution is 7.81. The fourth-order valence-corrected chi connectivity index (χ4v) is 10.0. The van der Waals surface area contributed by atoms with Gasteiger partial charge in [-0.05, 0) is 105 Å². The van der Waals surface area contributed by atoms with Crippen LogP contribution in [0.2, 0.25) is 0 Å². The highest BCUT2D eigenvalue weighted by Crippen LogP contribution is 2.42. The molecule has 3 amide bonds. The smallest absolute Gasteiger partial charge is 0.420 e. The van der Waals surface area contributed by atoms with Crippen LogP contribution in [0.3, 0.4) is 0 Å². The lowest BCUT2D eigenvalue weighted by atomic mass is 9.86. The number of carbonyl (C=O) groups excluding carboxylic acids is 3. The van der Waals surface area contributed by atoms with Gasteiger partial charge in [0.1, 0.15) is 23.5 Å². The topological polar surface area (TPSA) is 173 Å². The number of β-amino-alcohol motifs (C(OH)–C–C–N with tert-alkyl or cyclic N) is 1. The number of carbonyl (C=O) groups is 3. The van der Waals surface area contributed by atoms with Crippen LogP contribution in [0.5, 0.6) is 5.75 Å². The van der Waals surface area contributed by atoms with Crippen molar-refractivity contribution in [3.63, 3.8) is 0 Å². The molecule has 0 radical (unpaired) electrons.